The SMILES string of the molecule is CCSc1ccccc1-n1cc2cnc(C(F)(F)F)cc2n1. The van der Waals surface area contributed by atoms with E-state index in [2.05, 4.69) is 10.1 Å². The summed E-state index contributed by atoms with van der Waals surface area (Å²) >= 11 is 1.66. The molecular weight excluding hydrogens is 311 g/mol. The molecule has 0 bridgehead atoms. The third-order valence-electron chi connectivity index (χ3n) is 3.09. The Balaban J connectivity index is 2.09. The van der Waals surface area contributed by atoms with Crippen LogP contribution in [0.2, 0.25) is 0 Å². The fourth-order valence-electron chi connectivity index (χ4n) is 2.12. The van der Waals surface area contributed by atoms with Crippen LogP contribution in [0, 0.1) is 0 Å². The molecule has 0 aliphatic heterocycles. The normalized spacial score (nSPS) is 12.0. The van der Waals surface area contributed by atoms with Gasteiger partial charge in [-0.3, -0.25) is 4.98 Å². The molecule has 22 heavy (non-hydrogen) atoms. The van der Waals surface area contributed by atoms with Crippen molar-refractivity contribution in [3.63, 3.8) is 0 Å². The molecule has 0 unspecified atom stereocenters. The van der Waals surface area contributed by atoms with E-state index in [-0.39, 0.29) is 5.52 Å². The predicted molar refractivity (Wildman–Crippen MR) is 80.3 cm³/mol. The minimum absolute atomic E-state index is 0.277. The highest BCUT2D eigenvalue weighted by atomic mass is 32.2. The first kappa shape index (κ1) is 14.9. The zero-order chi connectivity index (χ0) is 15.7. The molecule has 2 heterocycles. The molecule has 0 N–H and O–H groups in total. The fraction of sp³-hybridized carbons (Fsp3) is 0.200. The van der Waals surface area contributed by atoms with Gasteiger partial charge in [-0.25, -0.2) is 4.68 Å². The number of thioether (sulfide) groups is 1. The standard InChI is InChI=1S/C15H12F3N3S/c1-2-22-13-6-4-3-5-12(13)21-9-10-8-19-14(15(16,17)18)7-11(10)20-21/h3-9H,2H2,1H3. The molecule has 2 aromatic heterocycles. The van der Waals surface area contributed by atoms with Gasteiger partial charge in [0.25, 0.3) is 0 Å². The maximum Gasteiger partial charge on any atom is 0.433 e. The topological polar surface area (TPSA) is 30.7 Å². The van der Waals surface area contributed by atoms with Crippen LogP contribution >= 0.6 is 11.8 Å². The molecule has 0 atom stereocenters. The lowest BCUT2D eigenvalue weighted by molar-refractivity contribution is -0.141. The maximum absolute atomic E-state index is 12.7. The molecule has 1 aromatic carbocycles. The largest absolute Gasteiger partial charge is 0.433 e. The van der Waals surface area contributed by atoms with Crippen LogP contribution in [0.4, 0.5) is 13.2 Å². The van der Waals surface area contributed by atoms with Gasteiger partial charge in [-0.15, -0.1) is 11.8 Å². The Hall–Kier alpha value is -2.02. The number of halogens is 3. The van der Waals surface area contributed by atoms with E-state index in [0.717, 1.165) is 22.4 Å². The van der Waals surface area contributed by atoms with Crippen molar-refractivity contribution >= 4 is 22.7 Å². The van der Waals surface area contributed by atoms with E-state index in [1.54, 1.807) is 22.6 Å². The van der Waals surface area contributed by atoms with E-state index >= 15 is 0 Å². The third kappa shape index (κ3) is 2.81. The zero-order valence-electron chi connectivity index (χ0n) is 11.6. The van der Waals surface area contributed by atoms with Crippen LogP contribution < -0.4 is 0 Å². The Morgan fingerprint density at radius 3 is 2.73 bits per heavy atom. The first-order valence-corrected chi connectivity index (χ1v) is 7.62. The summed E-state index contributed by atoms with van der Waals surface area (Å²) in [5.41, 5.74) is 0.194. The summed E-state index contributed by atoms with van der Waals surface area (Å²) in [4.78, 5) is 4.49. The highest BCUT2D eigenvalue weighted by Gasteiger charge is 2.32. The number of pyridine rings is 1. The molecule has 0 saturated heterocycles. The van der Waals surface area contributed by atoms with Gasteiger partial charge >= 0.3 is 6.18 Å². The van der Waals surface area contributed by atoms with Gasteiger partial charge < -0.3 is 0 Å². The number of fused-ring (bicyclic) bond motifs is 1. The van der Waals surface area contributed by atoms with Gasteiger partial charge in [0, 0.05) is 22.7 Å². The van der Waals surface area contributed by atoms with Gasteiger partial charge in [-0.1, -0.05) is 19.1 Å². The van der Waals surface area contributed by atoms with E-state index in [0.29, 0.717) is 5.39 Å². The summed E-state index contributed by atoms with van der Waals surface area (Å²) in [6.07, 6.45) is -1.57. The fourth-order valence-corrected chi connectivity index (χ4v) is 2.92. The molecule has 0 amide bonds. The second-order valence-electron chi connectivity index (χ2n) is 4.60. The molecule has 7 heteroatoms. The lowest BCUT2D eigenvalue weighted by Gasteiger charge is -2.07. The van der Waals surface area contributed by atoms with Crippen LogP contribution in [0.5, 0.6) is 0 Å². The van der Waals surface area contributed by atoms with Crippen LogP contribution in [-0.2, 0) is 6.18 Å². The van der Waals surface area contributed by atoms with Crippen LogP contribution in [0.15, 0.2) is 47.6 Å². The van der Waals surface area contributed by atoms with Crippen molar-refractivity contribution in [3.05, 3.63) is 48.4 Å². The Morgan fingerprint density at radius 1 is 1.23 bits per heavy atom. The van der Waals surface area contributed by atoms with Gasteiger partial charge in [-0.2, -0.15) is 18.3 Å². The first-order valence-electron chi connectivity index (χ1n) is 6.64. The lowest BCUT2D eigenvalue weighted by Crippen LogP contribution is -2.07. The molecule has 0 aliphatic rings. The molecule has 3 aromatic rings. The van der Waals surface area contributed by atoms with Crippen molar-refractivity contribution in [1.29, 1.82) is 0 Å². The number of nitrogens with zero attached hydrogens (tertiary/aromatic N) is 3. The molecule has 114 valence electrons. The molecule has 0 spiro atoms. The molecule has 0 fully saturated rings. The summed E-state index contributed by atoms with van der Waals surface area (Å²) in [6.45, 7) is 2.04. The van der Waals surface area contributed by atoms with Gasteiger partial charge in [0.15, 0.2) is 0 Å². The van der Waals surface area contributed by atoms with Gasteiger partial charge in [0.05, 0.1) is 11.2 Å². The number of alkyl halides is 3. The van der Waals surface area contributed by atoms with Crippen molar-refractivity contribution in [2.24, 2.45) is 0 Å². The van der Waals surface area contributed by atoms with E-state index in [4.69, 9.17) is 0 Å². The van der Waals surface area contributed by atoms with E-state index in [1.165, 1.54) is 6.20 Å². The summed E-state index contributed by atoms with van der Waals surface area (Å²) in [5, 5.41) is 4.84. The molecule has 0 aliphatic carbocycles. The molecular formula is C15H12F3N3S. The Bertz CT molecular complexity index is 811. The smallest absolute Gasteiger partial charge is 0.251 e. The average molecular weight is 323 g/mol. The molecule has 3 nitrogen and oxygen atoms in total. The van der Waals surface area contributed by atoms with Crippen molar-refractivity contribution in [1.82, 2.24) is 14.8 Å². The lowest BCUT2D eigenvalue weighted by atomic mass is 10.3. The van der Waals surface area contributed by atoms with Crippen LogP contribution in [0.25, 0.3) is 16.6 Å². The van der Waals surface area contributed by atoms with Gasteiger partial charge in [0.2, 0.25) is 0 Å². The van der Waals surface area contributed by atoms with Gasteiger partial charge in [0.1, 0.15) is 5.69 Å². The highest BCUT2D eigenvalue weighted by Crippen LogP contribution is 2.30. The first-order chi connectivity index (χ1) is 10.5. The van der Waals surface area contributed by atoms with E-state index in [9.17, 15) is 13.2 Å². The van der Waals surface area contributed by atoms with E-state index < -0.39 is 11.9 Å². The van der Waals surface area contributed by atoms with Gasteiger partial charge in [-0.05, 0) is 24.0 Å². The van der Waals surface area contributed by atoms with Crippen molar-refractivity contribution < 1.29 is 13.2 Å². The molecule has 0 saturated carbocycles. The van der Waals surface area contributed by atoms with E-state index in [1.807, 2.05) is 31.2 Å². The number of hydrogen-bond donors (Lipinski definition) is 0. The minimum Gasteiger partial charge on any atom is -0.251 e. The summed E-state index contributed by atoms with van der Waals surface area (Å²) in [6, 6.07) is 8.63. The Morgan fingerprint density at radius 2 is 2.00 bits per heavy atom. The number of para-hydroxylation sites is 1. The number of benzene rings is 1. The Kier molecular flexibility index (Phi) is 3.82. The van der Waals surface area contributed by atoms with Crippen molar-refractivity contribution in [3.8, 4) is 5.69 Å². The van der Waals surface area contributed by atoms with Crippen LogP contribution in [-0.4, -0.2) is 20.5 Å². The summed E-state index contributed by atoms with van der Waals surface area (Å²) in [5.74, 6) is 0.900. The zero-order valence-corrected chi connectivity index (χ0v) is 12.4. The summed E-state index contributed by atoms with van der Waals surface area (Å²) in [7, 11) is 0. The van der Waals surface area contributed by atoms with Crippen LogP contribution in [0.1, 0.15) is 12.6 Å². The average Bonchev–Trinajstić information content (AvgIpc) is 2.90. The van der Waals surface area contributed by atoms with Crippen LogP contribution in [0.3, 0.4) is 0 Å². The number of aromatic nitrogens is 3. The quantitative estimate of drug-likeness (QED) is 0.663. The third-order valence-corrected chi connectivity index (χ3v) is 4.04. The minimum atomic E-state index is -4.46. The summed E-state index contributed by atoms with van der Waals surface area (Å²) < 4.78 is 39.7. The highest BCUT2D eigenvalue weighted by molar-refractivity contribution is 7.99. The number of hydrogen-bond acceptors (Lipinski definition) is 3. The predicted octanol–water partition coefficient (Wildman–Crippen LogP) is 4.55. The Labute approximate surface area is 129 Å². The monoisotopic (exact) mass is 323 g/mol. The molecule has 3 rings (SSSR count). The maximum atomic E-state index is 12.7. The number of rotatable bonds is 3. The van der Waals surface area contributed by atoms with Crippen molar-refractivity contribution in [2.45, 2.75) is 18.0 Å². The molecule has 0 radical (unpaired) electrons. The second-order valence-corrected chi connectivity index (χ2v) is 5.91. The van der Waals surface area contributed by atoms with Crippen molar-refractivity contribution in [2.75, 3.05) is 5.75 Å². The second kappa shape index (κ2) is 5.64.